The van der Waals surface area contributed by atoms with Gasteiger partial charge in [-0.05, 0) is 12.1 Å². The van der Waals surface area contributed by atoms with E-state index in [1.807, 2.05) is 6.07 Å². The van der Waals surface area contributed by atoms with Crippen molar-refractivity contribution in [3.8, 4) is 5.75 Å². The number of Topliss-reactive ketones (excluding diaryl/α,β-unsaturated/α-hetero) is 1. The summed E-state index contributed by atoms with van der Waals surface area (Å²) < 4.78 is 5.26. The number of para-hydroxylation sites is 1. The fourth-order valence-electron chi connectivity index (χ4n) is 1.25. The van der Waals surface area contributed by atoms with Crippen molar-refractivity contribution in [3.63, 3.8) is 0 Å². The highest BCUT2D eigenvalue weighted by Crippen LogP contribution is 2.22. The molecule has 3 heteroatoms. The average Bonchev–Trinajstić information content (AvgIpc) is 2.12. The number of hydrogen-bond donors (Lipinski definition) is 1. The lowest BCUT2D eigenvalue weighted by Crippen LogP contribution is -2.39. The predicted octanol–water partition coefficient (Wildman–Crippen LogP) is 0.589. The molecule has 1 aromatic rings. The molecule has 1 heterocycles. The van der Waals surface area contributed by atoms with E-state index >= 15 is 0 Å². The maximum atomic E-state index is 11.4. The molecule has 1 aromatic carbocycles. The smallest absolute Gasteiger partial charge is 0.186 e. The molecule has 62 valence electrons. The second-order valence-corrected chi connectivity index (χ2v) is 2.78. The Morgan fingerprint density at radius 1 is 1.42 bits per heavy atom. The zero-order chi connectivity index (χ0) is 8.55. The zero-order valence-electron chi connectivity index (χ0n) is 6.49. The van der Waals surface area contributed by atoms with Crippen LogP contribution in [0.2, 0.25) is 0 Å². The standard InChI is InChI=1S/C9H9NO2/c10-7-5-12-8-4-2-1-3-6(8)9(7)11/h1-4,7H,5,10H2/t7-/m0/s1. The van der Waals surface area contributed by atoms with Crippen LogP contribution in [0.1, 0.15) is 10.4 Å². The van der Waals surface area contributed by atoms with E-state index < -0.39 is 6.04 Å². The molecule has 1 aliphatic heterocycles. The summed E-state index contributed by atoms with van der Waals surface area (Å²) in [6, 6.07) is 6.65. The van der Waals surface area contributed by atoms with Crippen molar-refractivity contribution in [1.29, 1.82) is 0 Å². The second kappa shape index (κ2) is 2.60. The van der Waals surface area contributed by atoms with Gasteiger partial charge in [0.25, 0.3) is 0 Å². The first-order chi connectivity index (χ1) is 5.79. The molecule has 2 rings (SSSR count). The zero-order valence-corrected chi connectivity index (χ0v) is 6.49. The van der Waals surface area contributed by atoms with Crippen LogP contribution >= 0.6 is 0 Å². The summed E-state index contributed by atoms with van der Waals surface area (Å²) >= 11 is 0. The Morgan fingerprint density at radius 3 is 3.00 bits per heavy atom. The van der Waals surface area contributed by atoms with Gasteiger partial charge in [0, 0.05) is 0 Å². The SMILES string of the molecule is N[C@H]1COc2ccccc2C1=O. The molecular weight excluding hydrogens is 154 g/mol. The fourth-order valence-corrected chi connectivity index (χ4v) is 1.25. The van der Waals surface area contributed by atoms with Crippen molar-refractivity contribution in [3.05, 3.63) is 29.8 Å². The molecule has 0 radical (unpaired) electrons. The second-order valence-electron chi connectivity index (χ2n) is 2.78. The highest BCUT2D eigenvalue weighted by Gasteiger charge is 2.24. The Hall–Kier alpha value is -1.35. The van der Waals surface area contributed by atoms with Crippen LogP contribution in [0.5, 0.6) is 5.75 Å². The average molecular weight is 163 g/mol. The minimum atomic E-state index is -0.500. The number of nitrogens with two attached hydrogens (primary N) is 1. The molecule has 12 heavy (non-hydrogen) atoms. The molecule has 0 spiro atoms. The van der Waals surface area contributed by atoms with E-state index in [9.17, 15) is 4.79 Å². The fraction of sp³-hybridized carbons (Fsp3) is 0.222. The first-order valence-corrected chi connectivity index (χ1v) is 3.80. The molecule has 0 saturated heterocycles. The van der Waals surface area contributed by atoms with E-state index in [4.69, 9.17) is 10.5 Å². The third kappa shape index (κ3) is 0.987. The van der Waals surface area contributed by atoms with E-state index in [0.29, 0.717) is 11.3 Å². The summed E-state index contributed by atoms with van der Waals surface area (Å²) in [4.78, 5) is 11.4. The molecule has 0 amide bonds. The normalized spacial score (nSPS) is 21.4. The Labute approximate surface area is 70.1 Å². The van der Waals surface area contributed by atoms with Crippen LogP contribution in [-0.2, 0) is 0 Å². The van der Waals surface area contributed by atoms with Gasteiger partial charge in [0.15, 0.2) is 5.78 Å². The maximum absolute atomic E-state index is 11.4. The quantitative estimate of drug-likeness (QED) is 0.609. The predicted molar refractivity (Wildman–Crippen MR) is 44.2 cm³/mol. The third-order valence-corrected chi connectivity index (χ3v) is 1.91. The van der Waals surface area contributed by atoms with Gasteiger partial charge in [-0.15, -0.1) is 0 Å². The van der Waals surface area contributed by atoms with Crippen molar-refractivity contribution in [2.24, 2.45) is 5.73 Å². The Kier molecular flexibility index (Phi) is 1.59. The van der Waals surface area contributed by atoms with Crippen LogP contribution in [-0.4, -0.2) is 18.4 Å². The number of ether oxygens (including phenoxy) is 1. The van der Waals surface area contributed by atoms with Crippen LogP contribution in [0.25, 0.3) is 0 Å². The Morgan fingerprint density at radius 2 is 2.17 bits per heavy atom. The maximum Gasteiger partial charge on any atom is 0.186 e. The van der Waals surface area contributed by atoms with Gasteiger partial charge >= 0.3 is 0 Å². The van der Waals surface area contributed by atoms with E-state index in [2.05, 4.69) is 0 Å². The largest absolute Gasteiger partial charge is 0.491 e. The monoisotopic (exact) mass is 163 g/mol. The van der Waals surface area contributed by atoms with Crippen LogP contribution in [0.3, 0.4) is 0 Å². The van der Waals surface area contributed by atoms with Gasteiger partial charge in [-0.2, -0.15) is 0 Å². The highest BCUT2D eigenvalue weighted by molar-refractivity contribution is 6.03. The van der Waals surface area contributed by atoms with E-state index in [0.717, 1.165) is 0 Å². The van der Waals surface area contributed by atoms with Crippen molar-refractivity contribution in [2.45, 2.75) is 6.04 Å². The first-order valence-electron chi connectivity index (χ1n) is 3.80. The van der Waals surface area contributed by atoms with Crippen LogP contribution in [0, 0.1) is 0 Å². The Balaban J connectivity index is 2.49. The number of benzene rings is 1. The lowest BCUT2D eigenvalue weighted by molar-refractivity contribution is 0.0900. The number of fused-ring (bicyclic) bond motifs is 1. The van der Waals surface area contributed by atoms with Crippen molar-refractivity contribution < 1.29 is 9.53 Å². The van der Waals surface area contributed by atoms with Gasteiger partial charge in [-0.3, -0.25) is 4.79 Å². The molecule has 0 bridgehead atoms. The topological polar surface area (TPSA) is 52.3 Å². The van der Waals surface area contributed by atoms with Gasteiger partial charge in [0.05, 0.1) is 5.56 Å². The molecule has 0 unspecified atom stereocenters. The molecule has 1 aliphatic rings. The lowest BCUT2D eigenvalue weighted by atomic mass is 10.0. The molecule has 2 N–H and O–H groups in total. The lowest BCUT2D eigenvalue weighted by Gasteiger charge is -2.20. The van der Waals surface area contributed by atoms with Crippen molar-refractivity contribution >= 4 is 5.78 Å². The van der Waals surface area contributed by atoms with Gasteiger partial charge < -0.3 is 10.5 Å². The van der Waals surface area contributed by atoms with Crippen LogP contribution in [0.4, 0.5) is 0 Å². The molecule has 0 aromatic heterocycles. The summed E-state index contributed by atoms with van der Waals surface area (Å²) in [5.74, 6) is 0.612. The van der Waals surface area contributed by atoms with Gasteiger partial charge in [0.2, 0.25) is 0 Å². The van der Waals surface area contributed by atoms with Gasteiger partial charge in [0.1, 0.15) is 18.4 Å². The number of carbonyl (C=O) groups is 1. The Bertz CT molecular complexity index is 322. The number of hydrogen-bond acceptors (Lipinski definition) is 3. The number of carbonyl (C=O) groups excluding carboxylic acids is 1. The van der Waals surface area contributed by atoms with Gasteiger partial charge in [-0.25, -0.2) is 0 Å². The minimum absolute atomic E-state index is 0.0307. The van der Waals surface area contributed by atoms with Gasteiger partial charge in [-0.1, -0.05) is 12.1 Å². The summed E-state index contributed by atoms with van der Waals surface area (Å²) in [7, 11) is 0. The number of ketones is 1. The summed E-state index contributed by atoms with van der Waals surface area (Å²) in [6.07, 6.45) is 0. The summed E-state index contributed by atoms with van der Waals surface area (Å²) in [5.41, 5.74) is 6.11. The molecular formula is C9H9NO2. The first kappa shape index (κ1) is 7.31. The summed E-state index contributed by atoms with van der Waals surface area (Å²) in [5, 5.41) is 0. The van der Waals surface area contributed by atoms with E-state index in [-0.39, 0.29) is 12.4 Å². The van der Waals surface area contributed by atoms with Crippen LogP contribution in [0.15, 0.2) is 24.3 Å². The molecule has 1 atom stereocenters. The summed E-state index contributed by atoms with van der Waals surface area (Å²) in [6.45, 7) is 0.288. The molecule has 0 fully saturated rings. The third-order valence-electron chi connectivity index (χ3n) is 1.91. The van der Waals surface area contributed by atoms with Crippen molar-refractivity contribution in [1.82, 2.24) is 0 Å². The van der Waals surface area contributed by atoms with E-state index in [1.165, 1.54) is 0 Å². The molecule has 3 nitrogen and oxygen atoms in total. The molecule has 0 saturated carbocycles. The highest BCUT2D eigenvalue weighted by atomic mass is 16.5. The van der Waals surface area contributed by atoms with E-state index in [1.54, 1.807) is 18.2 Å². The van der Waals surface area contributed by atoms with Crippen molar-refractivity contribution in [2.75, 3.05) is 6.61 Å². The van der Waals surface area contributed by atoms with Crippen LogP contribution < -0.4 is 10.5 Å². The minimum Gasteiger partial charge on any atom is -0.491 e. The number of rotatable bonds is 0. The molecule has 0 aliphatic carbocycles.